The van der Waals surface area contributed by atoms with Gasteiger partial charge in [0.2, 0.25) is 0 Å². The smallest absolute Gasteiger partial charge is 0.408 e. The van der Waals surface area contributed by atoms with E-state index in [9.17, 15) is 27.6 Å². The van der Waals surface area contributed by atoms with E-state index in [2.05, 4.69) is 5.32 Å². The van der Waals surface area contributed by atoms with E-state index in [1.807, 2.05) is 0 Å². The van der Waals surface area contributed by atoms with Gasteiger partial charge in [0.05, 0.1) is 0 Å². The van der Waals surface area contributed by atoms with Gasteiger partial charge >= 0.3 is 12.1 Å². The summed E-state index contributed by atoms with van der Waals surface area (Å²) in [5.41, 5.74) is -0.624. The minimum absolute atomic E-state index is 0.173. The SMILES string of the molecule is CC(C)=C(NC(CCCCCN1C(=O)C=CC1=O)C(F)(F)F)C(=O)OC(C)(C)C. The zero-order chi connectivity index (χ0) is 22.4. The minimum atomic E-state index is -4.55. The Hall–Kier alpha value is -2.32. The minimum Gasteiger partial charge on any atom is -0.455 e. The van der Waals surface area contributed by atoms with Gasteiger partial charge in [0.1, 0.15) is 17.3 Å². The lowest BCUT2D eigenvalue weighted by Gasteiger charge is -2.27. The molecule has 1 aliphatic heterocycles. The maximum absolute atomic E-state index is 13.5. The Morgan fingerprint density at radius 2 is 1.62 bits per heavy atom. The van der Waals surface area contributed by atoms with E-state index >= 15 is 0 Å². The zero-order valence-electron chi connectivity index (χ0n) is 17.5. The van der Waals surface area contributed by atoms with Crippen molar-refractivity contribution in [3.8, 4) is 0 Å². The van der Waals surface area contributed by atoms with Crippen LogP contribution in [0.2, 0.25) is 0 Å². The highest BCUT2D eigenvalue weighted by Crippen LogP contribution is 2.26. The van der Waals surface area contributed by atoms with Gasteiger partial charge in [-0.25, -0.2) is 4.79 Å². The van der Waals surface area contributed by atoms with E-state index in [4.69, 9.17) is 4.74 Å². The predicted molar refractivity (Wildman–Crippen MR) is 102 cm³/mol. The second-order valence-electron chi connectivity index (χ2n) is 8.13. The van der Waals surface area contributed by atoms with Crippen molar-refractivity contribution in [3.05, 3.63) is 23.4 Å². The molecule has 0 spiro atoms. The van der Waals surface area contributed by atoms with Gasteiger partial charge in [0.15, 0.2) is 0 Å². The number of nitrogens with zero attached hydrogens (tertiary/aromatic N) is 1. The average Bonchev–Trinajstić information content (AvgIpc) is 2.85. The Morgan fingerprint density at radius 3 is 2.07 bits per heavy atom. The van der Waals surface area contributed by atoms with Crippen LogP contribution in [-0.2, 0) is 19.1 Å². The molecule has 0 fully saturated rings. The summed E-state index contributed by atoms with van der Waals surface area (Å²) >= 11 is 0. The van der Waals surface area contributed by atoms with Crippen molar-refractivity contribution in [1.82, 2.24) is 10.2 Å². The second-order valence-corrected chi connectivity index (χ2v) is 8.13. The van der Waals surface area contributed by atoms with Crippen LogP contribution in [0.1, 0.15) is 60.3 Å². The van der Waals surface area contributed by atoms with Gasteiger partial charge < -0.3 is 10.1 Å². The number of imide groups is 1. The number of hydrogen-bond donors (Lipinski definition) is 1. The summed E-state index contributed by atoms with van der Waals surface area (Å²) in [5.74, 6) is -1.64. The fourth-order valence-electron chi connectivity index (χ4n) is 2.68. The number of amides is 2. The first-order valence-electron chi connectivity index (χ1n) is 9.50. The van der Waals surface area contributed by atoms with Crippen LogP contribution in [0.5, 0.6) is 0 Å². The van der Waals surface area contributed by atoms with Crippen LogP contribution in [0, 0.1) is 0 Å². The second kappa shape index (κ2) is 9.93. The molecule has 1 atom stereocenters. The normalized spacial score (nSPS) is 15.5. The molecular weight excluding hydrogens is 389 g/mol. The summed E-state index contributed by atoms with van der Waals surface area (Å²) in [6.07, 6.45) is -1.43. The van der Waals surface area contributed by atoms with E-state index in [0.29, 0.717) is 18.4 Å². The van der Waals surface area contributed by atoms with Crippen molar-refractivity contribution >= 4 is 17.8 Å². The van der Waals surface area contributed by atoms with Crippen molar-refractivity contribution in [2.75, 3.05) is 6.54 Å². The third-order valence-electron chi connectivity index (χ3n) is 4.09. The molecule has 1 unspecified atom stereocenters. The van der Waals surface area contributed by atoms with Crippen molar-refractivity contribution in [2.24, 2.45) is 0 Å². The number of esters is 1. The van der Waals surface area contributed by atoms with Crippen LogP contribution < -0.4 is 5.32 Å². The number of unbranched alkanes of at least 4 members (excludes halogenated alkanes) is 2. The van der Waals surface area contributed by atoms with Crippen molar-refractivity contribution in [1.29, 1.82) is 0 Å². The van der Waals surface area contributed by atoms with Crippen LogP contribution in [0.3, 0.4) is 0 Å². The average molecular weight is 418 g/mol. The maximum atomic E-state index is 13.5. The Kier molecular flexibility index (Phi) is 8.47. The van der Waals surface area contributed by atoms with E-state index in [0.717, 1.165) is 4.90 Å². The fraction of sp³-hybridized carbons (Fsp3) is 0.650. The number of carbonyl (C=O) groups is 3. The molecule has 0 aromatic heterocycles. The molecule has 29 heavy (non-hydrogen) atoms. The quantitative estimate of drug-likeness (QED) is 0.268. The summed E-state index contributed by atoms with van der Waals surface area (Å²) in [5, 5.41) is 2.31. The molecule has 0 aromatic carbocycles. The third kappa shape index (κ3) is 8.29. The lowest BCUT2D eigenvalue weighted by Crippen LogP contribution is -2.44. The van der Waals surface area contributed by atoms with Crippen molar-refractivity contribution in [2.45, 2.75) is 78.1 Å². The molecule has 2 amide bonds. The Morgan fingerprint density at radius 1 is 1.07 bits per heavy atom. The molecule has 9 heteroatoms. The van der Waals surface area contributed by atoms with Crippen molar-refractivity contribution < 1.29 is 32.3 Å². The first-order valence-corrected chi connectivity index (χ1v) is 9.50. The van der Waals surface area contributed by atoms with Gasteiger partial charge in [-0.05, 0) is 53.0 Å². The Labute approximate surface area is 169 Å². The number of halogens is 3. The van der Waals surface area contributed by atoms with E-state index in [1.54, 1.807) is 20.8 Å². The molecule has 0 aromatic rings. The summed E-state index contributed by atoms with van der Waals surface area (Å²) in [6.45, 7) is 8.17. The van der Waals surface area contributed by atoms with Gasteiger partial charge in [-0.3, -0.25) is 14.5 Å². The highest BCUT2D eigenvalue weighted by Gasteiger charge is 2.40. The van der Waals surface area contributed by atoms with E-state index in [-0.39, 0.29) is 25.1 Å². The molecule has 0 saturated heterocycles. The summed E-state index contributed by atoms with van der Waals surface area (Å²) < 4.78 is 45.6. The number of ether oxygens (including phenoxy) is 1. The molecule has 0 bridgehead atoms. The Bertz CT molecular complexity index is 669. The maximum Gasteiger partial charge on any atom is 0.408 e. The summed E-state index contributed by atoms with van der Waals surface area (Å²) in [7, 11) is 0. The lowest BCUT2D eigenvalue weighted by molar-refractivity contribution is -0.160. The highest BCUT2D eigenvalue weighted by molar-refractivity contribution is 6.12. The zero-order valence-corrected chi connectivity index (χ0v) is 17.5. The number of allylic oxidation sites excluding steroid dienone is 1. The first kappa shape index (κ1) is 24.7. The number of rotatable bonds is 9. The molecule has 1 N–H and O–H groups in total. The van der Waals surface area contributed by atoms with Crippen LogP contribution in [0.25, 0.3) is 0 Å². The monoisotopic (exact) mass is 418 g/mol. The van der Waals surface area contributed by atoms with E-state index in [1.165, 1.54) is 26.0 Å². The predicted octanol–water partition coefficient (Wildman–Crippen LogP) is 3.63. The first-order chi connectivity index (χ1) is 13.2. The summed E-state index contributed by atoms with van der Waals surface area (Å²) in [6, 6.07) is -1.91. The van der Waals surface area contributed by atoms with Gasteiger partial charge in [-0.15, -0.1) is 0 Å². The largest absolute Gasteiger partial charge is 0.455 e. The summed E-state index contributed by atoms with van der Waals surface area (Å²) in [4.78, 5) is 36.2. The van der Waals surface area contributed by atoms with Gasteiger partial charge in [-0.2, -0.15) is 13.2 Å². The van der Waals surface area contributed by atoms with Crippen LogP contribution in [0.4, 0.5) is 13.2 Å². The molecule has 1 rings (SSSR count). The number of carbonyl (C=O) groups excluding carboxylic acids is 3. The molecule has 0 aliphatic carbocycles. The number of alkyl halides is 3. The molecule has 164 valence electrons. The Balaban J connectivity index is 2.63. The molecule has 1 heterocycles. The highest BCUT2D eigenvalue weighted by atomic mass is 19.4. The molecule has 1 aliphatic rings. The molecule has 6 nitrogen and oxygen atoms in total. The topological polar surface area (TPSA) is 75.7 Å². The molecule has 0 radical (unpaired) electrons. The van der Waals surface area contributed by atoms with E-state index < -0.39 is 35.6 Å². The van der Waals surface area contributed by atoms with Crippen LogP contribution >= 0.6 is 0 Å². The van der Waals surface area contributed by atoms with Crippen molar-refractivity contribution in [3.63, 3.8) is 0 Å². The van der Waals surface area contributed by atoms with Gasteiger partial charge in [0.25, 0.3) is 11.8 Å². The van der Waals surface area contributed by atoms with Gasteiger partial charge in [0, 0.05) is 18.7 Å². The number of nitrogens with one attached hydrogen (secondary N) is 1. The van der Waals surface area contributed by atoms with Gasteiger partial charge in [-0.1, -0.05) is 12.8 Å². The molecule has 0 saturated carbocycles. The lowest BCUT2D eigenvalue weighted by atomic mass is 10.1. The standard InChI is InChI=1S/C20H29F3N2O4/c1-13(2)17(18(28)29-19(3,4)5)24-14(20(21,22)23)9-7-6-8-12-25-15(26)10-11-16(25)27/h10-11,14,24H,6-9,12H2,1-5H3. The number of hydrogen-bond acceptors (Lipinski definition) is 5. The fourth-order valence-corrected chi connectivity index (χ4v) is 2.68. The molecular formula is C20H29F3N2O4. The van der Waals surface area contributed by atoms with Crippen LogP contribution in [0.15, 0.2) is 23.4 Å². The van der Waals surface area contributed by atoms with Crippen LogP contribution in [-0.4, -0.2) is 47.0 Å². The third-order valence-corrected chi connectivity index (χ3v) is 4.09.